The van der Waals surface area contributed by atoms with Gasteiger partial charge < -0.3 is 30.3 Å². The first kappa shape index (κ1) is 66.4. The summed E-state index contributed by atoms with van der Waals surface area (Å²) in [6, 6.07) is 45.0. The van der Waals surface area contributed by atoms with Gasteiger partial charge >= 0.3 is 14.2 Å². The van der Waals surface area contributed by atoms with Crippen LogP contribution in [0.4, 0.5) is 5.69 Å². The fourth-order valence-electron chi connectivity index (χ4n) is 12.4. The van der Waals surface area contributed by atoms with Gasteiger partial charge in [-0.1, -0.05) is 106 Å². The summed E-state index contributed by atoms with van der Waals surface area (Å²) >= 11 is 0. The number of carbonyl (C=O) groups excluding carboxylic acids is 2. The summed E-state index contributed by atoms with van der Waals surface area (Å²) in [4.78, 5) is 32.2. The number of carbonyl (C=O) groups is 2. The standard InChI is InChI=1S/C72H77B2N7O6Si.CH4/c1-47(2)68(82)21-13-14-33-80(43-54-35-49(41-75)22-30-66(54)73(84)85)46-65-59-20-12-11-19-58(59)64(45-81(34-16-32-77-72(83)48(3)4)44-55-36-50(42-76)23-31-67(55)74(86)87)60-27-24-52(38-63(60)65)51-17-15-18-53(37-51)71-61-28-25-56(78(5)6)39-69(61)88(9,10)70-40-57(79(7)8)26-29-62(70)71;/h11-12,15,17-20,22-31,35-40,84-87H,1,3,13-14,16,21,32-34,43-46H2,2,4-10H3;1H4/p+1. The second kappa shape index (κ2) is 28.7. The van der Waals surface area contributed by atoms with Gasteiger partial charge in [-0.15, -0.1) is 0 Å². The summed E-state index contributed by atoms with van der Waals surface area (Å²) in [5.41, 5.74) is 14.6. The quantitative estimate of drug-likeness (QED) is 0.0128. The number of allylic oxidation sites excluding steroid dienone is 6. The van der Waals surface area contributed by atoms with Crippen molar-refractivity contribution in [2.75, 3.05) is 52.7 Å². The fourth-order valence-corrected chi connectivity index (χ4v) is 15.5. The highest BCUT2D eigenvalue weighted by Crippen LogP contribution is 2.44. The highest BCUT2D eigenvalue weighted by molar-refractivity contribution is 6.98. The monoisotopic (exact) mass is 1200 g/mol. The van der Waals surface area contributed by atoms with Gasteiger partial charge in [0.2, 0.25) is 5.91 Å². The lowest BCUT2D eigenvalue weighted by molar-refractivity contribution is -0.462. The van der Waals surface area contributed by atoms with Crippen molar-refractivity contribution in [3.05, 3.63) is 219 Å². The number of unbranched alkanes of at least 4 members (excludes halogenated alkanes) is 1. The molecule has 0 fully saturated rings. The van der Waals surface area contributed by atoms with E-state index in [2.05, 4.69) is 182 Å². The number of benzene rings is 7. The van der Waals surface area contributed by atoms with Gasteiger partial charge in [-0.2, -0.15) is 10.5 Å². The molecule has 2 aliphatic rings. The third-order valence-electron chi connectivity index (χ3n) is 17.2. The average molecular weight is 1200 g/mol. The van der Waals surface area contributed by atoms with Crippen molar-refractivity contribution in [2.45, 2.75) is 86.2 Å². The molecule has 1 aliphatic carbocycles. The second-order valence-electron chi connectivity index (χ2n) is 24.4. The molecule has 0 aromatic heterocycles. The van der Waals surface area contributed by atoms with Crippen molar-refractivity contribution >= 4 is 88.6 Å². The van der Waals surface area contributed by atoms with E-state index in [1.54, 1.807) is 50.2 Å². The van der Waals surface area contributed by atoms with E-state index in [1.807, 2.05) is 12.1 Å². The normalized spacial score (nSPS) is 13.1. The number of Topliss-reactive ketones (excluding diaryl/α,β-unsaturated/α-hetero) is 1. The van der Waals surface area contributed by atoms with Crippen molar-refractivity contribution in [2.24, 2.45) is 0 Å². The van der Waals surface area contributed by atoms with Crippen LogP contribution < -0.4 is 26.3 Å². The van der Waals surface area contributed by atoms with Crippen LogP contribution in [-0.2, 0) is 35.8 Å². The van der Waals surface area contributed by atoms with Crippen LogP contribution in [0.25, 0.3) is 38.2 Å². The van der Waals surface area contributed by atoms with Gasteiger partial charge in [-0.05, 0) is 198 Å². The van der Waals surface area contributed by atoms with Crippen molar-refractivity contribution in [3.8, 4) is 23.3 Å². The Morgan fingerprint density at radius 2 is 1.21 bits per heavy atom. The minimum Gasteiger partial charge on any atom is -0.423 e. The maximum Gasteiger partial charge on any atom is 0.488 e. The number of nitrogens with one attached hydrogen (secondary N) is 1. The molecule has 0 radical (unpaired) electrons. The summed E-state index contributed by atoms with van der Waals surface area (Å²) in [6.45, 7) is 18.7. The fraction of sp³-hybridized carbons (Fsp3) is 0.274. The first-order valence-electron chi connectivity index (χ1n) is 30.0. The Hall–Kier alpha value is -8.54. The molecule has 454 valence electrons. The van der Waals surface area contributed by atoms with Crippen molar-refractivity contribution in [1.29, 1.82) is 10.5 Å². The molecule has 0 saturated heterocycles. The lowest BCUT2D eigenvalue weighted by Gasteiger charge is -2.38. The summed E-state index contributed by atoms with van der Waals surface area (Å²) < 4.78 is 2.17. The number of rotatable bonds is 24. The minimum absolute atomic E-state index is 0. The predicted molar refractivity (Wildman–Crippen MR) is 368 cm³/mol. The van der Waals surface area contributed by atoms with Crippen LogP contribution in [0, 0.1) is 22.7 Å². The molecule has 0 atom stereocenters. The van der Waals surface area contributed by atoms with Crippen LogP contribution in [0.5, 0.6) is 0 Å². The third kappa shape index (κ3) is 14.8. The van der Waals surface area contributed by atoms with Gasteiger partial charge in [-0.25, -0.2) is 4.58 Å². The summed E-state index contributed by atoms with van der Waals surface area (Å²) in [6.07, 6.45) is 9.07. The van der Waals surface area contributed by atoms with E-state index < -0.39 is 22.3 Å². The average Bonchev–Trinajstić information content (AvgIpc) is 0.790. The van der Waals surface area contributed by atoms with E-state index in [1.165, 1.54) is 27.1 Å². The van der Waals surface area contributed by atoms with Crippen LogP contribution in [0.15, 0.2) is 175 Å². The molecular weight excluding hydrogens is 1120 g/mol. The smallest absolute Gasteiger partial charge is 0.423 e. The van der Waals surface area contributed by atoms with Crippen molar-refractivity contribution < 1.29 is 34.3 Å². The van der Waals surface area contributed by atoms with Gasteiger partial charge in [-0.3, -0.25) is 19.4 Å². The highest BCUT2D eigenvalue weighted by atomic mass is 28.3. The molecule has 13 nitrogen and oxygen atoms in total. The molecule has 0 spiro atoms. The molecule has 0 unspecified atom stereocenters. The molecule has 7 aromatic carbocycles. The Kier molecular flexibility index (Phi) is 21.4. The topological polar surface area (TPSA) is 187 Å². The molecule has 9 rings (SSSR count). The van der Waals surface area contributed by atoms with Gasteiger partial charge in [0.25, 0.3) is 0 Å². The van der Waals surface area contributed by atoms with Crippen LogP contribution in [0.1, 0.15) is 91.5 Å². The van der Waals surface area contributed by atoms with Crippen LogP contribution in [0.2, 0.25) is 13.1 Å². The van der Waals surface area contributed by atoms with Gasteiger partial charge in [0, 0.05) is 83.2 Å². The zero-order valence-electron chi connectivity index (χ0n) is 51.9. The zero-order chi connectivity index (χ0) is 63.1. The van der Waals surface area contributed by atoms with Crippen molar-refractivity contribution in [3.63, 3.8) is 0 Å². The molecule has 0 saturated carbocycles. The summed E-state index contributed by atoms with van der Waals surface area (Å²) in [7, 11) is 2.56. The molecule has 89 heavy (non-hydrogen) atoms. The van der Waals surface area contributed by atoms with Crippen LogP contribution in [0.3, 0.4) is 0 Å². The van der Waals surface area contributed by atoms with Gasteiger partial charge in [0.15, 0.2) is 11.5 Å². The van der Waals surface area contributed by atoms with E-state index >= 15 is 0 Å². The maximum absolute atomic E-state index is 12.9. The lowest BCUT2D eigenvalue weighted by atomic mass is 9.76. The zero-order valence-corrected chi connectivity index (χ0v) is 52.9. The first-order valence-corrected chi connectivity index (χ1v) is 33.0. The Balaban J connectivity index is 0.0000102. The Morgan fingerprint density at radius 3 is 1.78 bits per heavy atom. The number of fused-ring (bicyclic) bond motifs is 4. The Labute approximate surface area is 527 Å². The van der Waals surface area contributed by atoms with E-state index in [0.717, 1.165) is 60.8 Å². The predicted octanol–water partition coefficient (Wildman–Crippen LogP) is 9.35. The lowest BCUT2D eigenvalue weighted by Crippen LogP contribution is -2.49. The van der Waals surface area contributed by atoms with Crippen LogP contribution in [-0.4, -0.2) is 122 Å². The number of anilines is 1. The Morgan fingerprint density at radius 1 is 0.640 bits per heavy atom. The number of hydrogen-bond acceptors (Lipinski definition) is 11. The number of amides is 1. The van der Waals surface area contributed by atoms with Crippen LogP contribution >= 0.6 is 0 Å². The number of nitriles is 2. The summed E-state index contributed by atoms with van der Waals surface area (Å²) in [5.74, 6) is -0.230. The summed E-state index contributed by atoms with van der Waals surface area (Å²) in [5, 5.41) is 72.6. The number of hydrogen-bond donors (Lipinski definition) is 5. The number of ketones is 1. The maximum atomic E-state index is 12.9. The third-order valence-corrected chi connectivity index (χ3v) is 20.8. The largest absolute Gasteiger partial charge is 0.488 e. The SMILES string of the molecule is C.C=C(C)C(=O)CCCCN(Cc1cc(C#N)ccc1B(O)O)Cc1c2ccccc2c(CN(CCCNC(=O)C(=C)C)Cc2cc(C#N)ccc2B(O)O)c2ccc(-c3cccc(C4=C5C=CC(=[N+](C)C)C=C5[Si](C)(C)c5cc(N(C)C)ccc54)c3)cc12. The van der Waals surface area contributed by atoms with E-state index in [-0.39, 0.29) is 32.2 Å². The molecule has 1 heterocycles. The molecule has 7 aromatic rings. The first-order chi connectivity index (χ1) is 42.1. The minimum atomic E-state index is -2.24. The van der Waals surface area contributed by atoms with E-state index in [4.69, 9.17) is 0 Å². The Bertz CT molecular complexity index is 4140. The molecule has 5 N–H and O–H groups in total. The van der Waals surface area contributed by atoms with Gasteiger partial charge in [0.05, 0.1) is 23.3 Å². The molecule has 0 bridgehead atoms. The molecule has 1 amide bonds. The van der Waals surface area contributed by atoms with E-state index in [0.29, 0.717) is 103 Å². The number of nitrogens with zero attached hydrogens (tertiary/aromatic N) is 6. The van der Waals surface area contributed by atoms with Gasteiger partial charge in [0.1, 0.15) is 22.2 Å². The molecular formula is C73H82B2N7O6Si+. The molecule has 16 heteroatoms. The highest BCUT2D eigenvalue weighted by Gasteiger charge is 2.40. The van der Waals surface area contributed by atoms with Crippen molar-refractivity contribution in [1.82, 2.24) is 15.1 Å². The second-order valence-corrected chi connectivity index (χ2v) is 28.7. The van der Waals surface area contributed by atoms with E-state index in [9.17, 15) is 40.2 Å². The molecule has 1 aliphatic heterocycles.